The highest BCUT2D eigenvalue weighted by Crippen LogP contribution is 2.33. The Morgan fingerprint density at radius 3 is 2.81 bits per heavy atom. The molecule has 3 heteroatoms. The lowest BCUT2D eigenvalue weighted by Gasteiger charge is -2.34. The highest BCUT2D eigenvalue weighted by Gasteiger charge is 2.28. The summed E-state index contributed by atoms with van der Waals surface area (Å²) in [5.41, 5.74) is 0.888. The number of fused-ring (bicyclic) bond motifs is 1. The standard InChI is InChI=1S/C13H17NO2/c1-9(2)13(15)14-8-10(3)16-12-7-5-4-6-11(12)14/h4-7,9-10H,8H2,1-3H3/t10-/m0/s1. The number of anilines is 1. The van der Waals surface area contributed by atoms with Crippen molar-refractivity contribution in [3.8, 4) is 5.75 Å². The summed E-state index contributed by atoms with van der Waals surface area (Å²) in [6, 6.07) is 7.70. The van der Waals surface area contributed by atoms with Gasteiger partial charge in [-0.3, -0.25) is 4.79 Å². The Morgan fingerprint density at radius 2 is 2.12 bits per heavy atom. The predicted molar refractivity (Wildman–Crippen MR) is 63.7 cm³/mol. The quantitative estimate of drug-likeness (QED) is 0.726. The number of rotatable bonds is 1. The number of benzene rings is 1. The van der Waals surface area contributed by atoms with Crippen molar-refractivity contribution in [1.82, 2.24) is 0 Å². The van der Waals surface area contributed by atoms with Gasteiger partial charge >= 0.3 is 0 Å². The van der Waals surface area contributed by atoms with Crippen LogP contribution in [0.15, 0.2) is 24.3 Å². The van der Waals surface area contributed by atoms with E-state index >= 15 is 0 Å². The molecule has 0 fully saturated rings. The van der Waals surface area contributed by atoms with E-state index in [1.165, 1.54) is 0 Å². The molecule has 0 bridgehead atoms. The minimum Gasteiger partial charge on any atom is -0.487 e. The van der Waals surface area contributed by atoms with Crippen molar-refractivity contribution in [2.24, 2.45) is 5.92 Å². The second-order valence-electron chi connectivity index (χ2n) is 4.50. The van der Waals surface area contributed by atoms with Gasteiger partial charge < -0.3 is 9.64 Å². The summed E-state index contributed by atoms with van der Waals surface area (Å²) in [5, 5.41) is 0. The number of nitrogens with zero attached hydrogens (tertiary/aromatic N) is 1. The fraction of sp³-hybridized carbons (Fsp3) is 0.462. The van der Waals surface area contributed by atoms with Gasteiger partial charge in [-0.25, -0.2) is 0 Å². The normalized spacial score (nSPS) is 19.2. The average Bonchev–Trinajstić information content (AvgIpc) is 2.26. The second kappa shape index (κ2) is 4.16. The lowest BCUT2D eigenvalue weighted by Crippen LogP contribution is -2.44. The zero-order chi connectivity index (χ0) is 11.7. The number of hydrogen-bond acceptors (Lipinski definition) is 2. The summed E-state index contributed by atoms with van der Waals surface area (Å²) in [6.45, 7) is 6.46. The maximum atomic E-state index is 12.1. The molecule has 0 saturated carbocycles. The molecule has 0 aromatic heterocycles. The Labute approximate surface area is 96.0 Å². The zero-order valence-corrected chi connectivity index (χ0v) is 9.93. The van der Waals surface area contributed by atoms with Crippen LogP contribution in [-0.2, 0) is 4.79 Å². The first-order chi connectivity index (χ1) is 7.59. The van der Waals surface area contributed by atoms with Crippen LogP contribution in [0.1, 0.15) is 20.8 Å². The number of ether oxygens (including phenoxy) is 1. The number of para-hydroxylation sites is 2. The molecule has 0 unspecified atom stereocenters. The molecule has 16 heavy (non-hydrogen) atoms. The van der Waals surface area contributed by atoms with Crippen LogP contribution in [0.4, 0.5) is 5.69 Å². The van der Waals surface area contributed by atoms with Gasteiger partial charge in [0.15, 0.2) is 0 Å². The fourth-order valence-electron chi connectivity index (χ4n) is 1.91. The lowest BCUT2D eigenvalue weighted by molar-refractivity contribution is -0.121. The molecule has 3 nitrogen and oxygen atoms in total. The van der Waals surface area contributed by atoms with Crippen molar-refractivity contribution >= 4 is 11.6 Å². The minimum atomic E-state index is 0.0124. The van der Waals surface area contributed by atoms with E-state index in [0.717, 1.165) is 11.4 Å². The fourth-order valence-corrected chi connectivity index (χ4v) is 1.91. The van der Waals surface area contributed by atoms with Gasteiger partial charge in [-0.2, -0.15) is 0 Å². The van der Waals surface area contributed by atoms with Gasteiger partial charge in [-0.1, -0.05) is 26.0 Å². The van der Waals surface area contributed by atoms with E-state index in [4.69, 9.17) is 4.74 Å². The molecule has 0 aliphatic carbocycles. The molecule has 1 aromatic rings. The van der Waals surface area contributed by atoms with Gasteiger partial charge in [0, 0.05) is 5.92 Å². The molecule has 1 heterocycles. The Morgan fingerprint density at radius 1 is 1.44 bits per heavy atom. The van der Waals surface area contributed by atoms with Gasteiger partial charge in [-0.15, -0.1) is 0 Å². The maximum Gasteiger partial charge on any atom is 0.229 e. The van der Waals surface area contributed by atoms with Crippen LogP contribution in [0.3, 0.4) is 0 Å². The first-order valence-electron chi connectivity index (χ1n) is 5.66. The first-order valence-corrected chi connectivity index (χ1v) is 5.66. The molecule has 0 radical (unpaired) electrons. The average molecular weight is 219 g/mol. The molecule has 1 amide bonds. The monoisotopic (exact) mass is 219 g/mol. The van der Waals surface area contributed by atoms with Crippen LogP contribution in [0.5, 0.6) is 5.75 Å². The van der Waals surface area contributed by atoms with Crippen LogP contribution in [0, 0.1) is 5.92 Å². The first kappa shape index (κ1) is 11.0. The van der Waals surface area contributed by atoms with Crippen LogP contribution in [0.25, 0.3) is 0 Å². The molecule has 86 valence electrons. The van der Waals surface area contributed by atoms with Crippen molar-refractivity contribution in [1.29, 1.82) is 0 Å². The van der Waals surface area contributed by atoms with E-state index in [1.807, 2.05) is 49.9 Å². The maximum absolute atomic E-state index is 12.1. The van der Waals surface area contributed by atoms with Crippen molar-refractivity contribution in [2.75, 3.05) is 11.4 Å². The minimum absolute atomic E-state index is 0.0124. The summed E-state index contributed by atoms with van der Waals surface area (Å²) in [7, 11) is 0. The summed E-state index contributed by atoms with van der Waals surface area (Å²) in [6.07, 6.45) is 0.0533. The number of hydrogen-bond donors (Lipinski definition) is 0. The summed E-state index contributed by atoms with van der Waals surface area (Å²) in [4.78, 5) is 13.9. The Balaban J connectivity index is 2.37. The summed E-state index contributed by atoms with van der Waals surface area (Å²) in [5.74, 6) is 0.969. The van der Waals surface area contributed by atoms with Gasteiger partial charge in [0.25, 0.3) is 0 Å². The molecule has 1 aliphatic heterocycles. The number of amides is 1. The molecular weight excluding hydrogens is 202 g/mol. The topological polar surface area (TPSA) is 29.5 Å². The summed E-state index contributed by atoms with van der Waals surface area (Å²) >= 11 is 0. The van der Waals surface area contributed by atoms with Crippen molar-refractivity contribution in [3.05, 3.63) is 24.3 Å². The largest absolute Gasteiger partial charge is 0.487 e. The van der Waals surface area contributed by atoms with Crippen molar-refractivity contribution < 1.29 is 9.53 Å². The molecule has 1 atom stereocenters. The third-order valence-electron chi connectivity index (χ3n) is 2.68. The summed E-state index contributed by atoms with van der Waals surface area (Å²) < 4.78 is 5.70. The second-order valence-corrected chi connectivity index (χ2v) is 4.50. The third-order valence-corrected chi connectivity index (χ3v) is 2.68. The Hall–Kier alpha value is -1.51. The van der Waals surface area contributed by atoms with Crippen molar-refractivity contribution in [3.63, 3.8) is 0 Å². The molecule has 1 aliphatic rings. The van der Waals surface area contributed by atoms with Gasteiger partial charge in [0.05, 0.1) is 12.2 Å². The van der Waals surface area contributed by atoms with Crippen LogP contribution in [-0.4, -0.2) is 18.6 Å². The van der Waals surface area contributed by atoms with Crippen LogP contribution < -0.4 is 9.64 Å². The molecule has 0 saturated heterocycles. The zero-order valence-electron chi connectivity index (χ0n) is 9.93. The SMILES string of the molecule is CC(C)C(=O)N1C[C@H](C)Oc2ccccc21. The molecule has 1 aromatic carbocycles. The van der Waals surface area contributed by atoms with E-state index in [9.17, 15) is 4.79 Å². The van der Waals surface area contributed by atoms with E-state index < -0.39 is 0 Å². The Kier molecular flexibility index (Phi) is 2.86. The van der Waals surface area contributed by atoms with Crippen LogP contribution >= 0.6 is 0 Å². The number of carbonyl (C=O) groups excluding carboxylic acids is 1. The van der Waals surface area contributed by atoms with E-state index in [2.05, 4.69) is 0 Å². The van der Waals surface area contributed by atoms with Crippen LogP contribution in [0.2, 0.25) is 0 Å². The smallest absolute Gasteiger partial charge is 0.229 e. The van der Waals surface area contributed by atoms with Crippen molar-refractivity contribution in [2.45, 2.75) is 26.9 Å². The molecule has 0 N–H and O–H groups in total. The molecular formula is C13H17NO2. The van der Waals surface area contributed by atoms with Gasteiger partial charge in [-0.05, 0) is 19.1 Å². The van der Waals surface area contributed by atoms with E-state index in [-0.39, 0.29) is 17.9 Å². The molecule has 2 rings (SSSR count). The lowest BCUT2D eigenvalue weighted by atomic mass is 10.1. The molecule has 0 spiro atoms. The predicted octanol–water partition coefficient (Wildman–Crippen LogP) is 2.46. The van der Waals surface area contributed by atoms with Gasteiger partial charge in [0.2, 0.25) is 5.91 Å². The van der Waals surface area contributed by atoms with Gasteiger partial charge in [0.1, 0.15) is 11.9 Å². The third kappa shape index (κ3) is 1.90. The highest BCUT2D eigenvalue weighted by atomic mass is 16.5. The Bertz CT molecular complexity index is 401. The van der Waals surface area contributed by atoms with E-state index in [0.29, 0.717) is 6.54 Å². The highest BCUT2D eigenvalue weighted by molar-refractivity contribution is 5.96. The van der Waals surface area contributed by atoms with E-state index in [1.54, 1.807) is 0 Å². The number of carbonyl (C=O) groups is 1.